The largest absolute Gasteiger partial charge is 0.301 e. The van der Waals surface area contributed by atoms with Gasteiger partial charge in [0.1, 0.15) is 0 Å². The zero-order chi connectivity index (χ0) is 8.85. The Balaban J connectivity index is 0.000000461. The first-order valence-electron chi connectivity index (χ1n) is 4.44. The summed E-state index contributed by atoms with van der Waals surface area (Å²) in [7, 11) is 2.14. The first-order valence-corrected chi connectivity index (χ1v) is 4.44. The molecule has 2 N–H and O–H groups in total. The number of nitrogens with two attached hydrogens (primary N) is 1. The van der Waals surface area contributed by atoms with Crippen LogP contribution in [0.1, 0.15) is 20.8 Å². The van der Waals surface area contributed by atoms with Gasteiger partial charge in [0.05, 0.1) is 0 Å². The summed E-state index contributed by atoms with van der Waals surface area (Å²) in [4.78, 5) is 2.32. The Morgan fingerprint density at radius 1 is 1.45 bits per heavy atom. The lowest BCUT2D eigenvalue weighted by atomic mass is 10.1. The highest BCUT2D eigenvalue weighted by atomic mass is 15.5. The van der Waals surface area contributed by atoms with Crippen molar-refractivity contribution in [3.63, 3.8) is 0 Å². The van der Waals surface area contributed by atoms with Gasteiger partial charge in [0.15, 0.2) is 0 Å². The van der Waals surface area contributed by atoms with Crippen LogP contribution in [-0.4, -0.2) is 42.6 Å². The third-order valence-corrected chi connectivity index (χ3v) is 2.01. The predicted octanol–water partition coefficient (Wildman–Crippen LogP) is 0.522. The monoisotopic (exact) mass is 159 g/mol. The maximum absolute atomic E-state index is 5.47. The van der Waals surface area contributed by atoms with E-state index < -0.39 is 0 Å². The van der Waals surface area contributed by atoms with Crippen LogP contribution in [0, 0.1) is 0 Å². The summed E-state index contributed by atoms with van der Waals surface area (Å²) in [6.07, 6.45) is 0. The van der Waals surface area contributed by atoms with Gasteiger partial charge in [-0.25, -0.2) is 5.01 Å². The van der Waals surface area contributed by atoms with Crippen molar-refractivity contribution in [1.29, 1.82) is 0 Å². The summed E-state index contributed by atoms with van der Waals surface area (Å²) in [5.74, 6) is 5.47. The number of hydrogen-bond acceptors (Lipinski definition) is 3. The molecule has 0 spiro atoms. The molecule has 0 atom stereocenters. The van der Waals surface area contributed by atoms with Crippen LogP contribution in [0.15, 0.2) is 0 Å². The lowest BCUT2D eigenvalue weighted by molar-refractivity contribution is 0.0525. The van der Waals surface area contributed by atoms with Gasteiger partial charge in [-0.2, -0.15) is 0 Å². The van der Waals surface area contributed by atoms with Gasteiger partial charge < -0.3 is 4.90 Å². The fourth-order valence-electron chi connectivity index (χ4n) is 1.02. The highest BCUT2D eigenvalue weighted by molar-refractivity contribution is 4.82. The quantitative estimate of drug-likeness (QED) is 0.596. The molecular weight excluding hydrogens is 138 g/mol. The Kier molecular flexibility index (Phi) is 5.46. The van der Waals surface area contributed by atoms with Crippen molar-refractivity contribution in [2.24, 2.45) is 5.84 Å². The van der Waals surface area contributed by atoms with E-state index in [9.17, 15) is 0 Å². The predicted molar refractivity (Wildman–Crippen MR) is 49.2 cm³/mol. The Bertz CT molecular complexity index is 89.3. The van der Waals surface area contributed by atoms with E-state index in [4.69, 9.17) is 5.84 Å². The number of rotatable bonds is 2. The third-order valence-electron chi connectivity index (χ3n) is 2.01. The van der Waals surface area contributed by atoms with E-state index in [1.54, 1.807) is 0 Å². The number of hydrogen-bond donors (Lipinski definition) is 1. The molecule has 1 saturated heterocycles. The summed E-state index contributed by atoms with van der Waals surface area (Å²) in [5, 5.41) is 1.84. The number of nitrogens with zero attached hydrogens (tertiary/aromatic N) is 2. The third kappa shape index (κ3) is 3.18. The molecule has 1 rings (SSSR count). The summed E-state index contributed by atoms with van der Waals surface area (Å²) < 4.78 is 0. The molecule has 1 aliphatic rings. The maximum Gasteiger partial charge on any atom is 0.0375 e. The SMILES string of the molecule is CC.CCN(C)C1CN(N)C1. The second kappa shape index (κ2) is 5.52. The van der Waals surface area contributed by atoms with Gasteiger partial charge in [-0.3, -0.25) is 5.84 Å². The van der Waals surface area contributed by atoms with Gasteiger partial charge in [-0.1, -0.05) is 20.8 Å². The van der Waals surface area contributed by atoms with E-state index in [1.165, 1.54) is 0 Å². The first kappa shape index (κ1) is 10.9. The summed E-state index contributed by atoms with van der Waals surface area (Å²) in [6.45, 7) is 9.35. The van der Waals surface area contributed by atoms with E-state index in [1.807, 2.05) is 18.9 Å². The smallest absolute Gasteiger partial charge is 0.0375 e. The molecular formula is C8H21N3. The van der Waals surface area contributed by atoms with E-state index in [0.717, 1.165) is 19.6 Å². The highest BCUT2D eigenvalue weighted by Crippen LogP contribution is 2.07. The van der Waals surface area contributed by atoms with E-state index in [0.29, 0.717) is 6.04 Å². The summed E-state index contributed by atoms with van der Waals surface area (Å²) >= 11 is 0. The molecule has 0 bridgehead atoms. The molecule has 0 aromatic heterocycles. The number of likely N-dealkylation sites (N-methyl/N-ethyl adjacent to an activating group) is 1. The minimum Gasteiger partial charge on any atom is -0.301 e. The molecule has 0 aromatic rings. The molecule has 0 amide bonds. The van der Waals surface area contributed by atoms with Crippen molar-refractivity contribution in [3.8, 4) is 0 Å². The first-order chi connectivity index (χ1) is 5.24. The minimum atomic E-state index is 0.708. The van der Waals surface area contributed by atoms with Crippen LogP contribution in [0.5, 0.6) is 0 Å². The normalized spacial score (nSPS) is 19.1. The molecule has 0 radical (unpaired) electrons. The van der Waals surface area contributed by atoms with Crippen LogP contribution in [0.25, 0.3) is 0 Å². The van der Waals surface area contributed by atoms with E-state index in [2.05, 4.69) is 18.9 Å². The van der Waals surface area contributed by atoms with Crippen LogP contribution in [-0.2, 0) is 0 Å². The van der Waals surface area contributed by atoms with Crippen LogP contribution in [0.3, 0.4) is 0 Å². The second-order valence-electron chi connectivity index (χ2n) is 2.68. The fourth-order valence-corrected chi connectivity index (χ4v) is 1.02. The van der Waals surface area contributed by atoms with Gasteiger partial charge >= 0.3 is 0 Å². The standard InChI is InChI=1S/C6H15N3.C2H6/c1-3-8(2)6-4-9(7)5-6;1-2/h6H,3-5,7H2,1-2H3;1-2H3. The molecule has 11 heavy (non-hydrogen) atoms. The average molecular weight is 159 g/mol. The van der Waals surface area contributed by atoms with Crippen molar-refractivity contribution in [2.45, 2.75) is 26.8 Å². The van der Waals surface area contributed by atoms with Crippen LogP contribution >= 0.6 is 0 Å². The molecule has 3 heteroatoms. The average Bonchev–Trinajstić information content (AvgIpc) is 2.01. The molecule has 68 valence electrons. The molecule has 1 fully saturated rings. The Hall–Kier alpha value is -0.120. The Morgan fingerprint density at radius 3 is 2.18 bits per heavy atom. The number of hydrazine groups is 1. The lowest BCUT2D eigenvalue weighted by Gasteiger charge is -2.40. The van der Waals surface area contributed by atoms with Crippen molar-refractivity contribution in [2.75, 3.05) is 26.7 Å². The molecule has 1 heterocycles. The van der Waals surface area contributed by atoms with Crippen LogP contribution in [0.4, 0.5) is 0 Å². The summed E-state index contributed by atoms with van der Waals surface area (Å²) in [5.41, 5.74) is 0. The van der Waals surface area contributed by atoms with Crippen molar-refractivity contribution >= 4 is 0 Å². The van der Waals surface area contributed by atoms with Crippen LogP contribution < -0.4 is 5.84 Å². The molecule has 0 aromatic carbocycles. The highest BCUT2D eigenvalue weighted by Gasteiger charge is 2.26. The fraction of sp³-hybridized carbons (Fsp3) is 1.00. The maximum atomic E-state index is 5.47. The summed E-state index contributed by atoms with van der Waals surface area (Å²) in [6, 6.07) is 0.708. The van der Waals surface area contributed by atoms with E-state index >= 15 is 0 Å². The Morgan fingerprint density at radius 2 is 1.91 bits per heavy atom. The van der Waals surface area contributed by atoms with Crippen molar-refractivity contribution < 1.29 is 0 Å². The van der Waals surface area contributed by atoms with Gasteiger partial charge in [-0.05, 0) is 13.6 Å². The van der Waals surface area contributed by atoms with E-state index in [-0.39, 0.29) is 0 Å². The molecule has 0 saturated carbocycles. The lowest BCUT2D eigenvalue weighted by Crippen LogP contribution is -2.60. The molecule has 3 nitrogen and oxygen atoms in total. The topological polar surface area (TPSA) is 32.5 Å². The van der Waals surface area contributed by atoms with Gasteiger partial charge in [0.25, 0.3) is 0 Å². The van der Waals surface area contributed by atoms with Gasteiger partial charge in [0, 0.05) is 19.1 Å². The second-order valence-corrected chi connectivity index (χ2v) is 2.68. The molecule has 1 aliphatic heterocycles. The zero-order valence-corrected chi connectivity index (χ0v) is 8.17. The zero-order valence-electron chi connectivity index (χ0n) is 8.17. The van der Waals surface area contributed by atoms with Gasteiger partial charge in [0.2, 0.25) is 0 Å². The van der Waals surface area contributed by atoms with Crippen molar-refractivity contribution in [3.05, 3.63) is 0 Å². The van der Waals surface area contributed by atoms with Gasteiger partial charge in [-0.15, -0.1) is 0 Å². The Labute approximate surface area is 70.1 Å². The minimum absolute atomic E-state index is 0.708. The van der Waals surface area contributed by atoms with Crippen LogP contribution in [0.2, 0.25) is 0 Å². The molecule has 0 unspecified atom stereocenters. The van der Waals surface area contributed by atoms with Crippen molar-refractivity contribution in [1.82, 2.24) is 9.91 Å². The molecule has 0 aliphatic carbocycles.